The van der Waals surface area contributed by atoms with E-state index in [1.807, 2.05) is 18.3 Å². The van der Waals surface area contributed by atoms with E-state index in [9.17, 15) is 0 Å². The summed E-state index contributed by atoms with van der Waals surface area (Å²) in [5.74, 6) is 0.782. The van der Waals surface area contributed by atoms with Gasteiger partial charge in [0, 0.05) is 24.2 Å². The molecule has 2 aromatic rings. The first-order chi connectivity index (χ1) is 7.40. The van der Waals surface area contributed by atoms with Crippen molar-refractivity contribution in [1.82, 2.24) is 9.78 Å². The molecular formula is C9H9N5O. The van der Waals surface area contributed by atoms with Crippen molar-refractivity contribution in [3.8, 4) is 11.3 Å². The fraction of sp³-hybridized carbons (Fsp3) is 0.222. The van der Waals surface area contributed by atoms with Crippen LogP contribution in [-0.4, -0.2) is 16.3 Å². The Labute approximate surface area is 85.8 Å². The van der Waals surface area contributed by atoms with Gasteiger partial charge in [-0.25, -0.2) is 0 Å². The first-order valence-corrected chi connectivity index (χ1v) is 4.47. The van der Waals surface area contributed by atoms with Crippen LogP contribution in [0, 0.1) is 0 Å². The lowest BCUT2D eigenvalue weighted by Gasteiger charge is -1.94. The van der Waals surface area contributed by atoms with Crippen molar-refractivity contribution in [3.63, 3.8) is 0 Å². The van der Waals surface area contributed by atoms with Crippen LogP contribution in [0.5, 0.6) is 0 Å². The fourth-order valence-corrected chi connectivity index (χ4v) is 1.25. The zero-order chi connectivity index (χ0) is 10.5. The van der Waals surface area contributed by atoms with Crippen molar-refractivity contribution < 1.29 is 4.42 Å². The molecule has 0 spiro atoms. The van der Waals surface area contributed by atoms with Crippen molar-refractivity contribution in [3.05, 3.63) is 41.2 Å². The van der Waals surface area contributed by atoms with Gasteiger partial charge in [0.05, 0.1) is 18.0 Å². The Balaban J connectivity index is 2.07. The SMILES string of the molecule is [N-]=[N+]=NCCn1cc(-c2ccco2)cn1. The highest BCUT2D eigenvalue weighted by atomic mass is 16.3. The zero-order valence-corrected chi connectivity index (χ0v) is 7.95. The van der Waals surface area contributed by atoms with Crippen LogP contribution < -0.4 is 0 Å². The third-order valence-corrected chi connectivity index (χ3v) is 1.93. The van der Waals surface area contributed by atoms with Gasteiger partial charge < -0.3 is 4.42 Å². The molecule has 2 aromatic heterocycles. The van der Waals surface area contributed by atoms with Crippen molar-refractivity contribution in [2.45, 2.75) is 6.54 Å². The highest BCUT2D eigenvalue weighted by molar-refractivity contribution is 5.54. The second kappa shape index (κ2) is 4.34. The van der Waals surface area contributed by atoms with E-state index in [2.05, 4.69) is 15.1 Å². The van der Waals surface area contributed by atoms with E-state index in [-0.39, 0.29) is 0 Å². The number of nitrogens with zero attached hydrogens (tertiary/aromatic N) is 5. The summed E-state index contributed by atoms with van der Waals surface area (Å²) in [7, 11) is 0. The molecule has 0 radical (unpaired) electrons. The van der Waals surface area contributed by atoms with Gasteiger partial charge in [-0.2, -0.15) is 5.10 Å². The standard InChI is InChI=1S/C9H9N5O/c10-13-11-3-4-14-7-8(6-12-14)9-2-1-5-15-9/h1-2,5-7H,3-4H2. The summed E-state index contributed by atoms with van der Waals surface area (Å²) in [5.41, 5.74) is 9.03. The van der Waals surface area contributed by atoms with Gasteiger partial charge in [0.2, 0.25) is 0 Å². The molecule has 2 heterocycles. The lowest BCUT2D eigenvalue weighted by molar-refractivity contribution is 0.581. The van der Waals surface area contributed by atoms with E-state index in [1.54, 1.807) is 17.1 Å². The minimum absolute atomic E-state index is 0.399. The van der Waals surface area contributed by atoms with Gasteiger partial charge in [-0.05, 0) is 17.7 Å². The Bertz CT molecular complexity index is 466. The molecule has 0 aliphatic carbocycles. The molecule has 0 bridgehead atoms. The molecule has 2 rings (SSSR count). The molecular weight excluding hydrogens is 194 g/mol. The van der Waals surface area contributed by atoms with Crippen molar-refractivity contribution in [2.24, 2.45) is 5.11 Å². The Morgan fingerprint density at radius 3 is 3.27 bits per heavy atom. The number of azide groups is 1. The molecule has 0 saturated heterocycles. The maximum absolute atomic E-state index is 8.11. The molecule has 6 nitrogen and oxygen atoms in total. The molecule has 0 aromatic carbocycles. The van der Waals surface area contributed by atoms with Crippen molar-refractivity contribution in [1.29, 1.82) is 0 Å². The van der Waals surface area contributed by atoms with Gasteiger partial charge in [-0.15, -0.1) is 0 Å². The van der Waals surface area contributed by atoms with Gasteiger partial charge in [-0.1, -0.05) is 5.11 Å². The fourth-order valence-electron chi connectivity index (χ4n) is 1.25. The van der Waals surface area contributed by atoms with Gasteiger partial charge in [-0.3, -0.25) is 4.68 Å². The number of hydrogen-bond acceptors (Lipinski definition) is 3. The van der Waals surface area contributed by atoms with E-state index >= 15 is 0 Å². The summed E-state index contributed by atoms with van der Waals surface area (Å²) < 4.78 is 6.94. The average molecular weight is 203 g/mol. The minimum Gasteiger partial charge on any atom is -0.464 e. The molecule has 0 unspecified atom stereocenters. The summed E-state index contributed by atoms with van der Waals surface area (Å²) in [6.45, 7) is 0.973. The van der Waals surface area contributed by atoms with Crippen LogP contribution in [0.15, 0.2) is 40.3 Å². The first-order valence-electron chi connectivity index (χ1n) is 4.47. The molecule has 0 saturated carbocycles. The Kier molecular flexibility index (Phi) is 2.71. The summed E-state index contributed by atoms with van der Waals surface area (Å²) in [5, 5.41) is 7.55. The van der Waals surface area contributed by atoms with Gasteiger partial charge in [0.25, 0.3) is 0 Å². The molecule has 0 atom stereocenters. The molecule has 0 N–H and O–H groups in total. The average Bonchev–Trinajstić information content (AvgIpc) is 2.87. The van der Waals surface area contributed by atoms with Crippen LogP contribution in [0.2, 0.25) is 0 Å². The number of furan rings is 1. The monoisotopic (exact) mass is 203 g/mol. The minimum atomic E-state index is 0.399. The molecule has 0 aliphatic heterocycles. The zero-order valence-electron chi connectivity index (χ0n) is 7.95. The molecule has 76 valence electrons. The van der Waals surface area contributed by atoms with Crippen LogP contribution in [-0.2, 0) is 6.54 Å². The second-order valence-corrected chi connectivity index (χ2v) is 2.92. The van der Waals surface area contributed by atoms with E-state index in [1.165, 1.54) is 0 Å². The number of aromatic nitrogens is 2. The molecule has 15 heavy (non-hydrogen) atoms. The lowest BCUT2D eigenvalue weighted by Crippen LogP contribution is -2.00. The summed E-state index contributed by atoms with van der Waals surface area (Å²) >= 11 is 0. The Hall–Kier alpha value is -2.20. The number of rotatable bonds is 4. The van der Waals surface area contributed by atoms with Crippen LogP contribution in [0.4, 0.5) is 0 Å². The smallest absolute Gasteiger partial charge is 0.137 e. The van der Waals surface area contributed by atoms with Crippen LogP contribution in [0.25, 0.3) is 21.8 Å². The van der Waals surface area contributed by atoms with Gasteiger partial charge >= 0.3 is 0 Å². The highest BCUT2D eigenvalue weighted by Gasteiger charge is 2.02. The normalized spacial score (nSPS) is 9.87. The van der Waals surface area contributed by atoms with Crippen molar-refractivity contribution >= 4 is 0 Å². The van der Waals surface area contributed by atoms with E-state index in [0.717, 1.165) is 11.3 Å². The predicted molar refractivity (Wildman–Crippen MR) is 53.9 cm³/mol. The Morgan fingerprint density at radius 1 is 1.60 bits per heavy atom. The summed E-state index contributed by atoms with van der Waals surface area (Å²) in [6.07, 6.45) is 5.19. The van der Waals surface area contributed by atoms with E-state index in [4.69, 9.17) is 9.95 Å². The van der Waals surface area contributed by atoms with Crippen molar-refractivity contribution in [2.75, 3.05) is 6.54 Å². The molecule has 0 fully saturated rings. The lowest BCUT2D eigenvalue weighted by atomic mass is 10.3. The third kappa shape index (κ3) is 2.18. The third-order valence-electron chi connectivity index (χ3n) is 1.93. The second-order valence-electron chi connectivity index (χ2n) is 2.92. The van der Waals surface area contributed by atoms with Gasteiger partial charge in [0.1, 0.15) is 5.76 Å². The summed E-state index contributed by atoms with van der Waals surface area (Å²) in [6, 6.07) is 3.70. The van der Waals surface area contributed by atoms with Crippen LogP contribution >= 0.6 is 0 Å². The Morgan fingerprint density at radius 2 is 2.53 bits per heavy atom. The maximum atomic E-state index is 8.11. The predicted octanol–water partition coefficient (Wildman–Crippen LogP) is 2.45. The summed E-state index contributed by atoms with van der Waals surface area (Å²) in [4.78, 5) is 2.67. The van der Waals surface area contributed by atoms with E-state index < -0.39 is 0 Å². The maximum Gasteiger partial charge on any atom is 0.137 e. The topological polar surface area (TPSA) is 79.7 Å². The highest BCUT2D eigenvalue weighted by Crippen LogP contribution is 2.18. The largest absolute Gasteiger partial charge is 0.464 e. The molecule has 0 aliphatic rings. The quantitative estimate of drug-likeness (QED) is 0.434. The number of hydrogen-bond donors (Lipinski definition) is 0. The first kappa shape index (κ1) is 9.36. The van der Waals surface area contributed by atoms with Crippen LogP contribution in [0.3, 0.4) is 0 Å². The molecule has 0 amide bonds. The molecule has 6 heteroatoms. The van der Waals surface area contributed by atoms with Crippen LogP contribution in [0.1, 0.15) is 0 Å². The van der Waals surface area contributed by atoms with Gasteiger partial charge in [0.15, 0.2) is 0 Å². The van der Waals surface area contributed by atoms with E-state index in [0.29, 0.717) is 13.1 Å².